The number of aryl methyl sites for hydroxylation is 1. The van der Waals surface area contributed by atoms with E-state index in [9.17, 15) is 4.79 Å². The second-order valence-electron chi connectivity index (χ2n) is 6.06. The largest absolute Gasteiger partial charge is 0.342 e. The molecule has 2 heterocycles. The Labute approximate surface area is 146 Å². The third kappa shape index (κ3) is 4.82. The predicted octanol–water partition coefficient (Wildman–Crippen LogP) is 4.02. The Hall–Kier alpha value is -1.33. The number of thiazole rings is 1. The Balaban J connectivity index is 1.42. The maximum Gasteiger partial charge on any atom is 0.233 e. The van der Waals surface area contributed by atoms with Crippen molar-refractivity contribution in [2.45, 2.75) is 30.5 Å². The number of carbonyl (C=O) groups excluding carboxylic acids is 1. The van der Waals surface area contributed by atoms with Crippen molar-refractivity contribution >= 4 is 29.0 Å². The maximum absolute atomic E-state index is 12.3. The minimum absolute atomic E-state index is 0.251. The van der Waals surface area contributed by atoms with Crippen LogP contribution >= 0.6 is 23.1 Å². The Bertz CT molecular complexity index is 633. The summed E-state index contributed by atoms with van der Waals surface area (Å²) in [6, 6.07) is 10.7. The number of likely N-dealkylation sites (tertiary alicyclic amines) is 1. The van der Waals surface area contributed by atoms with Crippen LogP contribution in [0.25, 0.3) is 0 Å². The fourth-order valence-corrected chi connectivity index (χ4v) is 4.70. The van der Waals surface area contributed by atoms with Gasteiger partial charge in [-0.1, -0.05) is 42.1 Å². The molecular weight excluding hydrogens is 324 g/mol. The van der Waals surface area contributed by atoms with Crippen molar-refractivity contribution in [1.82, 2.24) is 9.88 Å². The van der Waals surface area contributed by atoms with Crippen molar-refractivity contribution in [3.8, 4) is 0 Å². The summed E-state index contributed by atoms with van der Waals surface area (Å²) in [6.07, 6.45) is 3.36. The van der Waals surface area contributed by atoms with Crippen molar-refractivity contribution in [3.63, 3.8) is 0 Å². The minimum atomic E-state index is 0.251. The van der Waals surface area contributed by atoms with Crippen molar-refractivity contribution in [1.29, 1.82) is 0 Å². The Morgan fingerprint density at radius 1 is 1.30 bits per heavy atom. The Morgan fingerprint density at radius 3 is 2.70 bits per heavy atom. The summed E-state index contributed by atoms with van der Waals surface area (Å²) < 4.78 is 0.995. The van der Waals surface area contributed by atoms with E-state index >= 15 is 0 Å². The maximum atomic E-state index is 12.3. The second kappa shape index (κ2) is 7.97. The van der Waals surface area contributed by atoms with Crippen LogP contribution in [-0.2, 0) is 11.2 Å². The number of piperidine rings is 1. The van der Waals surface area contributed by atoms with Gasteiger partial charge in [0.15, 0.2) is 4.34 Å². The quantitative estimate of drug-likeness (QED) is 0.767. The van der Waals surface area contributed by atoms with Crippen LogP contribution in [0.5, 0.6) is 0 Å². The highest BCUT2D eigenvalue weighted by molar-refractivity contribution is 8.01. The molecule has 23 heavy (non-hydrogen) atoms. The van der Waals surface area contributed by atoms with Gasteiger partial charge in [0.1, 0.15) is 0 Å². The molecule has 122 valence electrons. The number of benzene rings is 1. The van der Waals surface area contributed by atoms with E-state index in [0.29, 0.717) is 11.7 Å². The zero-order valence-corrected chi connectivity index (χ0v) is 15.0. The lowest BCUT2D eigenvalue weighted by Crippen LogP contribution is -2.39. The molecule has 0 radical (unpaired) electrons. The summed E-state index contributed by atoms with van der Waals surface area (Å²) in [5, 5.41) is 2.03. The predicted molar refractivity (Wildman–Crippen MR) is 97.0 cm³/mol. The van der Waals surface area contributed by atoms with E-state index in [1.54, 1.807) is 23.1 Å². The van der Waals surface area contributed by atoms with E-state index in [2.05, 4.69) is 35.3 Å². The molecule has 0 aliphatic carbocycles. The molecule has 0 spiro atoms. The third-order valence-electron chi connectivity index (χ3n) is 4.25. The molecule has 0 saturated carbocycles. The van der Waals surface area contributed by atoms with Gasteiger partial charge in [-0.15, -0.1) is 11.3 Å². The summed E-state index contributed by atoms with van der Waals surface area (Å²) in [5.74, 6) is 1.47. The number of carbonyl (C=O) groups is 1. The number of thioether (sulfide) groups is 1. The van der Waals surface area contributed by atoms with Crippen molar-refractivity contribution < 1.29 is 4.79 Å². The average molecular weight is 347 g/mol. The Morgan fingerprint density at radius 2 is 2.04 bits per heavy atom. The van der Waals surface area contributed by atoms with Gasteiger partial charge in [0.25, 0.3) is 0 Å². The van der Waals surface area contributed by atoms with Crippen LogP contribution in [-0.4, -0.2) is 34.6 Å². The van der Waals surface area contributed by atoms with Crippen molar-refractivity contribution in [3.05, 3.63) is 47.0 Å². The van der Waals surface area contributed by atoms with Gasteiger partial charge in [-0.3, -0.25) is 4.79 Å². The number of rotatable bonds is 5. The fraction of sp³-hybridized carbons (Fsp3) is 0.444. The molecule has 0 atom stereocenters. The zero-order valence-electron chi connectivity index (χ0n) is 13.4. The van der Waals surface area contributed by atoms with Crippen molar-refractivity contribution in [2.75, 3.05) is 18.8 Å². The molecule has 1 amide bonds. The first-order valence-electron chi connectivity index (χ1n) is 8.07. The first kappa shape index (κ1) is 16.5. The molecule has 1 aromatic carbocycles. The molecule has 3 nitrogen and oxygen atoms in total. The zero-order chi connectivity index (χ0) is 16.1. The highest BCUT2D eigenvalue weighted by atomic mass is 32.2. The van der Waals surface area contributed by atoms with Crippen LogP contribution in [0.2, 0.25) is 0 Å². The van der Waals surface area contributed by atoms with Crippen LogP contribution in [0.15, 0.2) is 40.1 Å². The molecule has 1 saturated heterocycles. The number of amides is 1. The van der Waals surface area contributed by atoms with Crippen LogP contribution in [0.3, 0.4) is 0 Å². The van der Waals surface area contributed by atoms with E-state index in [0.717, 1.165) is 42.4 Å². The molecular formula is C18H22N2OS2. The van der Waals surface area contributed by atoms with E-state index in [-0.39, 0.29) is 5.91 Å². The smallest absolute Gasteiger partial charge is 0.233 e. The molecule has 0 unspecified atom stereocenters. The summed E-state index contributed by atoms with van der Waals surface area (Å²) in [5.41, 5.74) is 2.44. The summed E-state index contributed by atoms with van der Waals surface area (Å²) in [6.45, 7) is 3.78. The highest BCUT2D eigenvalue weighted by Gasteiger charge is 2.23. The van der Waals surface area contributed by atoms with Gasteiger partial charge in [0, 0.05) is 24.2 Å². The van der Waals surface area contributed by atoms with Gasteiger partial charge >= 0.3 is 0 Å². The van der Waals surface area contributed by atoms with Gasteiger partial charge in [-0.2, -0.15) is 0 Å². The molecule has 1 aliphatic heterocycles. The lowest BCUT2D eigenvalue weighted by atomic mass is 9.90. The number of hydrogen-bond donors (Lipinski definition) is 0. The lowest BCUT2D eigenvalue weighted by Gasteiger charge is -2.32. The van der Waals surface area contributed by atoms with Gasteiger partial charge in [-0.05, 0) is 37.7 Å². The molecule has 0 bridgehead atoms. The average Bonchev–Trinajstić information content (AvgIpc) is 3.00. The topological polar surface area (TPSA) is 33.2 Å². The molecule has 5 heteroatoms. The summed E-state index contributed by atoms with van der Waals surface area (Å²) in [7, 11) is 0. The molecule has 1 fully saturated rings. The van der Waals surface area contributed by atoms with E-state index in [1.165, 1.54) is 5.56 Å². The first-order valence-corrected chi connectivity index (χ1v) is 9.94. The molecule has 1 aliphatic rings. The van der Waals surface area contributed by atoms with Gasteiger partial charge in [0.2, 0.25) is 5.91 Å². The normalized spacial score (nSPS) is 15.8. The standard InChI is InChI=1S/C18H22N2OS2/c1-14-12-22-18(19-14)23-13-17(21)20-9-7-16(8-10-20)11-15-5-3-2-4-6-15/h2-6,12,16H,7-11,13H2,1H3. The first-order chi connectivity index (χ1) is 11.2. The second-order valence-corrected chi connectivity index (χ2v) is 8.14. The lowest BCUT2D eigenvalue weighted by molar-refractivity contribution is -0.129. The van der Waals surface area contributed by atoms with Crippen molar-refractivity contribution in [2.24, 2.45) is 5.92 Å². The molecule has 0 N–H and O–H groups in total. The molecule has 3 rings (SSSR count). The van der Waals surface area contributed by atoms with Gasteiger partial charge < -0.3 is 4.90 Å². The van der Waals surface area contributed by atoms with Crippen LogP contribution in [0.1, 0.15) is 24.1 Å². The van der Waals surface area contributed by atoms with Crippen LogP contribution in [0, 0.1) is 12.8 Å². The molecule has 1 aromatic heterocycles. The number of aromatic nitrogens is 1. The highest BCUT2D eigenvalue weighted by Crippen LogP contribution is 2.25. The minimum Gasteiger partial charge on any atom is -0.342 e. The number of nitrogens with zero attached hydrogens (tertiary/aromatic N) is 2. The SMILES string of the molecule is Cc1csc(SCC(=O)N2CCC(Cc3ccccc3)CC2)n1. The monoisotopic (exact) mass is 346 g/mol. The van der Waals surface area contributed by atoms with Gasteiger partial charge in [-0.25, -0.2) is 4.98 Å². The summed E-state index contributed by atoms with van der Waals surface area (Å²) in [4.78, 5) is 18.7. The molecule has 2 aromatic rings. The Kier molecular flexibility index (Phi) is 5.73. The van der Waals surface area contributed by atoms with Gasteiger partial charge in [0.05, 0.1) is 5.75 Å². The summed E-state index contributed by atoms with van der Waals surface area (Å²) >= 11 is 3.18. The van der Waals surface area contributed by atoms with E-state index in [4.69, 9.17) is 0 Å². The van der Waals surface area contributed by atoms with Crippen LogP contribution in [0.4, 0.5) is 0 Å². The van der Waals surface area contributed by atoms with E-state index in [1.807, 2.05) is 17.2 Å². The van der Waals surface area contributed by atoms with Crippen LogP contribution < -0.4 is 0 Å². The van der Waals surface area contributed by atoms with E-state index < -0.39 is 0 Å². The number of hydrogen-bond acceptors (Lipinski definition) is 4. The third-order valence-corrected chi connectivity index (χ3v) is 6.38. The fourth-order valence-electron chi connectivity index (χ4n) is 2.95.